The second kappa shape index (κ2) is 6.76. The van der Waals surface area contributed by atoms with Crippen LogP contribution in [-0.4, -0.2) is 55.5 Å². The second-order valence-electron chi connectivity index (χ2n) is 5.07. The molecule has 0 bridgehead atoms. The van der Waals surface area contributed by atoms with E-state index in [1.165, 1.54) is 4.90 Å². The number of methoxy groups -OCH3 is 2. The van der Waals surface area contributed by atoms with Gasteiger partial charge in [-0.25, -0.2) is 4.39 Å². The van der Waals surface area contributed by atoms with Crippen molar-refractivity contribution in [1.82, 2.24) is 4.90 Å². The average molecular weight is 297 g/mol. The first-order chi connectivity index (χ1) is 10.0. The van der Waals surface area contributed by atoms with Crippen molar-refractivity contribution < 1.29 is 23.8 Å². The highest BCUT2D eigenvalue weighted by atomic mass is 19.1. The van der Waals surface area contributed by atoms with Crippen LogP contribution >= 0.6 is 0 Å². The Morgan fingerprint density at radius 3 is 2.62 bits per heavy atom. The molecule has 1 fully saturated rings. The van der Waals surface area contributed by atoms with Crippen molar-refractivity contribution in [2.45, 2.75) is 25.1 Å². The van der Waals surface area contributed by atoms with E-state index in [4.69, 9.17) is 9.47 Å². The zero-order chi connectivity index (χ0) is 15.4. The SMILES string of the molecule is COc1ccc(CCC(=O)N2C[C@@H](O)[C@H](F)C2)cc1OC. The topological polar surface area (TPSA) is 59.0 Å². The van der Waals surface area contributed by atoms with Crippen LogP contribution in [0.3, 0.4) is 0 Å². The minimum atomic E-state index is -1.34. The number of aliphatic hydroxyl groups is 1. The fraction of sp³-hybridized carbons (Fsp3) is 0.533. The number of carbonyl (C=O) groups excluding carboxylic acids is 1. The highest BCUT2D eigenvalue weighted by molar-refractivity contribution is 5.77. The molecule has 1 amide bonds. The smallest absolute Gasteiger partial charge is 0.223 e. The fourth-order valence-corrected chi connectivity index (χ4v) is 2.40. The van der Waals surface area contributed by atoms with Gasteiger partial charge in [0.2, 0.25) is 5.91 Å². The molecule has 0 aliphatic carbocycles. The number of halogens is 1. The summed E-state index contributed by atoms with van der Waals surface area (Å²) in [6.07, 6.45) is -1.59. The highest BCUT2D eigenvalue weighted by Crippen LogP contribution is 2.28. The fourth-order valence-electron chi connectivity index (χ4n) is 2.40. The number of rotatable bonds is 5. The zero-order valence-electron chi connectivity index (χ0n) is 12.2. The number of ether oxygens (including phenoxy) is 2. The Hall–Kier alpha value is -1.82. The summed E-state index contributed by atoms with van der Waals surface area (Å²) in [5.41, 5.74) is 0.942. The number of benzene rings is 1. The third-order valence-corrected chi connectivity index (χ3v) is 3.65. The molecule has 116 valence electrons. The van der Waals surface area contributed by atoms with E-state index in [1.54, 1.807) is 20.3 Å². The average Bonchev–Trinajstić information content (AvgIpc) is 2.84. The Labute approximate surface area is 123 Å². The maximum atomic E-state index is 13.2. The van der Waals surface area contributed by atoms with Crippen molar-refractivity contribution in [3.63, 3.8) is 0 Å². The van der Waals surface area contributed by atoms with Gasteiger partial charge in [0.05, 0.1) is 20.8 Å². The largest absolute Gasteiger partial charge is 0.493 e. The molecule has 5 nitrogen and oxygen atoms in total. The molecular formula is C15H20FNO4. The number of aliphatic hydroxyl groups excluding tert-OH is 1. The highest BCUT2D eigenvalue weighted by Gasteiger charge is 2.33. The first kappa shape index (κ1) is 15.6. The number of aryl methyl sites for hydroxylation is 1. The molecule has 0 saturated carbocycles. The Bertz CT molecular complexity index is 498. The molecule has 0 aromatic heterocycles. The van der Waals surface area contributed by atoms with Gasteiger partial charge in [-0.15, -0.1) is 0 Å². The van der Waals surface area contributed by atoms with Gasteiger partial charge in [0.25, 0.3) is 0 Å². The number of amides is 1. The van der Waals surface area contributed by atoms with E-state index in [0.29, 0.717) is 17.9 Å². The van der Waals surface area contributed by atoms with Crippen LogP contribution in [0.4, 0.5) is 4.39 Å². The molecule has 1 N–H and O–H groups in total. The van der Waals surface area contributed by atoms with Crippen LogP contribution < -0.4 is 9.47 Å². The minimum absolute atomic E-state index is 0.0219. The molecule has 0 unspecified atom stereocenters. The van der Waals surface area contributed by atoms with Gasteiger partial charge in [-0.05, 0) is 24.1 Å². The van der Waals surface area contributed by atoms with Crippen molar-refractivity contribution in [3.05, 3.63) is 23.8 Å². The van der Waals surface area contributed by atoms with Crippen LogP contribution in [-0.2, 0) is 11.2 Å². The van der Waals surface area contributed by atoms with Crippen molar-refractivity contribution in [2.24, 2.45) is 0 Å². The second-order valence-corrected chi connectivity index (χ2v) is 5.07. The number of likely N-dealkylation sites (tertiary alicyclic amines) is 1. The van der Waals surface area contributed by atoms with Crippen LogP contribution in [0, 0.1) is 0 Å². The number of hydrogen-bond donors (Lipinski definition) is 1. The van der Waals surface area contributed by atoms with Gasteiger partial charge >= 0.3 is 0 Å². The normalized spacial score (nSPS) is 21.4. The molecule has 2 rings (SSSR count). The van der Waals surface area contributed by atoms with Crippen LogP contribution in [0.1, 0.15) is 12.0 Å². The molecule has 21 heavy (non-hydrogen) atoms. The summed E-state index contributed by atoms with van der Waals surface area (Å²) in [5, 5.41) is 9.33. The Kier molecular flexibility index (Phi) is 5.01. The lowest BCUT2D eigenvalue weighted by Crippen LogP contribution is -2.29. The molecule has 0 spiro atoms. The zero-order valence-corrected chi connectivity index (χ0v) is 12.2. The summed E-state index contributed by atoms with van der Waals surface area (Å²) in [7, 11) is 3.12. The summed E-state index contributed by atoms with van der Waals surface area (Å²) < 4.78 is 23.6. The third-order valence-electron chi connectivity index (χ3n) is 3.65. The van der Waals surface area contributed by atoms with Crippen LogP contribution in [0.2, 0.25) is 0 Å². The van der Waals surface area contributed by atoms with E-state index in [0.717, 1.165) is 5.56 Å². The molecular weight excluding hydrogens is 277 g/mol. The van der Waals surface area contributed by atoms with Crippen molar-refractivity contribution in [1.29, 1.82) is 0 Å². The summed E-state index contributed by atoms with van der Waals surface area (Å²) in [4.78, 5) is 13.4. The first-order valence-electron chi connectivity index (χ1n) is 6.86. The van der Waals surface area contributed by atoms with Gasteiger partial charge in [-0.1, -0.05) is 6.07 Å². The first-order valence-corrected chi connectivity index (χ1v) is 6.86. The van der Waals surface area contributed by atoms with Crippen molar-refractivity contribution >= 4 is 5.91 Å². The van der Waals surface area contributed by atoms with Crippen molar-refractivity contribution in [2.75, 3.05) is 27.3 Å². The standard InChI is InChI=1S/C15H20FNO4/c1-20-13-5-3-10(7-14(13)21-2)4-6-15(19)17-8-11(16)12(18)9-17/h3,5,7,11-12,18H,4,6,8-9H2,1-2H3/t11-,12-/m1/s1. The molecule has 1 aliphatic rings. The van der Waals surface area contributed by atoms with Gasteiger partial charge in [0.15, 0.2) is 11.5 Å². The Balaban J connectivity index is 1.92. The summed E-state index contributed by atoms with van der Waals surface area (Å²) >= 11 is 0. The number of carbonyl (C=O) groups is 1. The predicted molar refractivity (Wildman–Crippen MR) is 75.3 cm³/mol. The molecule has 1 heterocycles. The Morgan fingerprint density at radius 2 is 2.05 bits per heavy atom. The Morgan fingerprint density at radius 1 is 1.33 bits per heavy atom. The quantitative estimate of drug-likeness (QED) is 0.886. The molecule has 1 aromatic rings. The van der Waals surface area contributed by atoms with E-state index in [2.05, 4.69) is 0 Å². The lowest BCUT2D eigenvalue weighted by molar-refractivity contribution is -0.130. The lowest BCUT2D eigenvalue weighted by Gasteiger charge is -2.15. The van der Waals surface area contributed by atoms with Gasteiger partial charge in [-0.2, -0.15) is 0 Å². The summed E-state index contributed by atoms with van der Waals surface area (Å²) in [5.74, 6) is 1.10. The van der Waals surface area contributed by atoms with E-state index in [1.807, 2.05) is 12.1 Å². The van der Waals surface area contributed by atoms with Crippen molar-refractivity contribution in [3.8, 4) is 11.5 Å². The molecule has 1 aliphatic heterocycles. The number of alkyl halides is 1. The van der Waals surface area contributed by atoms with Crippen LogP contribution in [0.5, 0.6) is 11.5 Å². The maximum Gasteiger partial charge on any atom is 0.223 e. The molecule has 6 heteroatoms. The number of nitrogens with zero attached hydrogens (tertiary/aromatic N) is 1. The molecule has 1 saturated heterocycles. The van der Waals surface area contributed by atoms with E-state index < -0.39 is 12.3 Å². The van der Waals surface area contributed by atoms with Gasteiger partial charge < -0.3 is 19.5 Å². The molecule has 2 atom stereocenters. The molecule has 0 radical (unpaired) electrons. The lowest BCUT2D eigenvalue weighted by atomic mass is 10.1. The minimum Gasteiger partial charge on any atom is -0.493 e. The molecule has 1 aromatic carbocycles. The third kappa shape index (κ3) is 3.64. The van der Waals surface area contributed by atoms with E-state index in [-0.39, 0.29) is 25.4 Å². The monoisotopic (exact) mass is 297 g/mol. The van der Waals surface area contributed by atoms with Gasteiger partial charge in [-0.3, -0.25) is 4.79 Å². The van der Waals surface area contributed by atoms with Gasteiger partial charge in [0.1, 0.15) is 12.3 Å². The van der Waals surface area contributed by atoms with Gasteiger partial charge in [0, 0.05) is 13.0 Å². The van der Waals surface area contributed by atoms with E-state index >= 15 is 0 Å². The number of hydrogen-bond acceptors (Lipinski definition) is 4. The maximum absolute atomic E-state index is 13.2. The number of β-amino-alcohol motifs (C(OH)–C–C–N with tert-alkyl or cyclic N) is 1. The van der Waals surface area contributed by atoms with E-state index in [9.17, 15) is 14.3 Å². The summed E-state index contributed by atoms with van der Waals surface area (Å²) in [6, 6.07) is 5.48. The predicted octanol–water partition coefficient (Wildman–Crippen LogP) is 1.18. The summed E-state index contributed by atoms with van der Waals surface area (Å²) in [6.45, 7) is 0.0534. The van der Waals surface area contributed by atoms with Crippen LogP contribution in [0.15, 0.2) is 18.2 Å². The van der Waals surface area contributed by atoms with Crippen LogP contribution in [0.25, 0.3) is 0 Å².